The molecule has 1 aromatic rings. The second-order valence-corrected chi connectivity index (χ2v) is 3.78. The molecule has 0 spiro atoms. The lowest BCUT2D eigenvalue weighted by atomic mass is 9.97. The number of phenolic OH excluding ortho intramolecular Hbond substituents is 1. The van der Waals surface area contributed by atoms with E-state index in [1.54, 1.807) is 12.1 Å². The van der Waals surface area contributed by atoms with Crippen LogP contribution >= 0.6 is 11.6 Å². The van der Waals surface area contributed by atoms with Crippen LogP contribution in [0.1, 0.15) is 18.0 Å². The number of aromatic hydroxyl groups is 1. The highest BCUT2D eigenvalue weighted by molar-refractivity contribution is 6.30. The monoisotopic (exact) mass is 213 g/mol. The Balaban J connectivity index is 2.41. The molecule has 1 aromatic carbocycles. The number of hydrogen-bond acceptors (Lipinski definition) is 3. The van der Waals surface area contributed by atoms with E-state index in [9.17, 15) is 5.11 Å². The van der Waals surface area contributed by atoms with Crippen molar-refractivity contribution in [1.29, 1.82) is 0 Å². The van der Waals surface area contributed by atoms with Gasteiger partial charge in [-0.1, -0.05) is 11.6 Å². The number of ether oxygens (including phenoxy) is 1. The topological polar surface area (TPSA) is 41.5 Å². The van der Waals surface area contributed by atoms with E-state index < -0.39 is 0 Å². The average molecular weight is 214 g/mol. The highest BCUT2D eigenvalue weighted by Crippen LogP contribution is 2.39. The lowest BCUT2D eigenvalue weighted by molar-refractivity contribution is 0.342. The number of methoxy groups -OCH3 is 1. The molecule has 0 radical (unpaired) electrons. The summed E-state index contributed by atoms with van der Waals surface area (Å²) in [5.41, 5.74) is 0.820. The molecule has 1 heterocycles. The number of phenols is 1. The van der Waals surface area contributed by atoms with Gasteiger partial charge >= 0.3 is 0 Å². The first kappa shape index (κ1) is 9.62. The summed E-state index contributed by atoms with van der Waals surface area (Å²) in [5.74, 6) is 0.621. The van der Waals surface area contributed by atoms with Crippen LogP contribution < -0.4 is 10.1 Å². The van der Waals surface area contributed by atoms with E-state index in [0.717, 1.165) is 18.5 Å². The van der Waals surface area contributed by atoms with Gasteiger partial charge in [0.05, 0.1) is 7.11 Å². The van der Waals surface area contributed by atoms with Crippen LogP contribution in [-0.4, -0.2) is 18.8 Å². The Morgan fingerprint density at radius 3 is 2.79 bits per heavy atom. The van der Waals surface area contributed by atoms with Gasteiger partial charge < -0.3 is 15.2 Å². The molecule has 2 N–H and O–H groups in total. The predicted octanol–water partition coefficient (Wildman–Crippen LogP) is 2.09. The number of hydrogen-bond donors (Lipinski definition) is 2. The molecule has 76 valence electrons. The third-order valence-corrected chi connectivity index (χ3v) is 2.71. The minimum atomic E-state index is 0.189. The minimum Gasteiger partial charge on any atom is -0.504 e. The van der Waals surface area contributed by atoms with Gasteiger partial charge in [0.1, 0.15) is 0 Å². The van der Waals surface area contributed by atoms with Crippen LogP contribution in [0.2, 0.25) is 5.02 Å². The smallest absolute Gasteiger partial charge is 0.162 e. The zero-order valence-electron chi connectivity index (χ0n) is 7.88. The summed E-state index contributed by atoms with van der Waals surface area (Å²) in [6.45, 7) is 0.985. The quantitative estimate of drug-likeness (QED) is 0.791. The van der Waals surface area contributed by atoms with Crippen molar-refractivity contribution in [3.05, 3.63) is 22.7 Å². The Labute approximate surface area is 87.6 Å². The van der Waals surface area contributed by atoms with Crippen molar-refractivity contribution >= 4 is 11.6 Å². The zero-order chi connectivity index (χ0) is 10.1. The van der Waals surface area contributed by atoms with Crippen LogP contribution in [0.5, 0.6) is 11.5 Å². The highest BCUT2D eigenvalue weighted by Gasteiger charge is 2.23. The van der Waals surface area contributed by atoms with E-state index in [-0.39, 0.29) is 11.8 Å². The second-order valence-electron chi connectivity index (χ2n) is 3.34. The second kappa shape index (κ2) is 3.67. The van der Waals surface area contributed by atoms with E-state index in [2.05, 4.69) is 5.32 Å². The molecular weight excluding hydrogens is 202 g/mol. The summed E-state index contributed by atoms with van der Waals surface area (Å²) < 4.78 is 5.02. The molecule has 0 saturated carbocycles. The molecule has 14 heavy (non-hydrogen) atoms. The van der Waals surface area contributed by atoms with Crippen molar-refractivity contribution in [2.24, 2.45) is 0 Å². The van der Waals surface area contributed by atoms with Crippen LogP contribution in [0, 0.1) is 0 Å². The van der Waals surface area contributed by atoms with Crippen molar-refractivity contribution in [2.75, 3.05) is 13.7 Å². The van der Waals surface area contributed by atoms with Crippen LogP contribution in [0.3, 0.4) is 0 Å². The molecule has 1 fully saturated rings. The van der Waals surface area contributed by atoms with Gasteiger partial charge in [0.15, 0.2) is 11.5 Å². The fourth-order valence-electron chi connectivity index (χ4n) is 1.57. The third kappa shape index (κ3) is 1.53. The summed E-state index contributed by atoms with van der Waals surface area (Å²) >= 11 is 5.91. The van der Waals surface area contributed by atoms with E-state index in [1.807, 2.05) is 0 Å². The molecule has 0 aromatic heterocycles. The molecule has 0 bridgehead atoms. The summed E-state index contributed by atoms with van der Waals surface area (Å²) in [7, 11) is 1.52. The summed E-state index contributed by atoms with van der Waals surface area (Å²) in [6, 6.07) is 3.59. The molecule has 3 nitrogen and oxygen atoms in total. The van der Waals surface area contributed by atoms with Gasteiger partial charge in [-0.05, 0) is 19.0 Å². The van der Waals surface area contributed by atoms with E-state index in [1.165, 1.54) is 7.11 Å². The summed E-state index contributed by atoms with van der Waals surface area (Å²) in [4.78, 5) is 0. The van der Waals surface area contributed by atoms with Crippen molar-refractivity contribution in [2.45, 2.75) is 12.5 Å². The van der Waals surface area contributed by atoms with Crippen molar-refractivity contribution in [3.63, 3.8) is 0 Å². The normalized spacial score (nSPS) is 20.3. The van der Waals surface area contributed by atoms with Gasteiger partial charge in [0, 0.05) is 22.7 Å². The number of nitrogens with one attached hydrogen (secondary N) is 1. The maximum atomic E-state index is 9.83. The SMILES string of the molecule is COc1cc(Cl)cc(C2CCN2)c1O. The fourth-order valence-corrected chi connectivity index (χ4v) is 1.79. The molecule has 1 aliphatic heterocycles. The Hall–Kier alpha value is -0.930. The van der Waals surface area contributed by atoms with Gasteiger partial charge in [-0.3, -0.25) is 0 Å². The fraction of sp³-hybridized carbons (Fsp3) is 0.400. The zero-order valence-corrected chi connectivity index (χ0v) is 8.64. The predicted molar refractivity (Wildman–Crippen MR) is 55.0 cm³/mol. The lowest BCUT2D eigenvalue weighted by Crippen LogP contribution is -2.34. The standard InChI is InChI=1S/C10H12ClNO2/c1-14-9-5-6(11)4-7(10(9)13)8-2-3-12-8/h4-5,8,12-13H,2-3H2,1H3. The van der Waals surface area contributed by atoms with Crippen molar-refractivity contribution in [1.82, 2.24) is 5.32 Å². The summed E-state index contributed by atoms with van der Waals surface area (Å²) in [6.07, 6.45) is 1.02. The van der Waals surface area contributed by atoms with Crippen LogP contribution in [0.15, 0.2) is 12.1 Å². The van der Waals surface area contributed by atoms with E-state index >= 15 is 0 Å². The minimum absolute atomic E-state index is 0.189. The van der Waals surface area contributed by atoms with Crippen LogP contribution in [0.4, 0.5) is 0 Å². The Morgan fingerprint density at radius 1 is 1.57 bits per heavy atom. The van der Waals surface area contributed by atoms with Gasteiger partial charge in [0.2, 0.25) is 0 Å². The van der Waals surface area contributed by atoms with Crippen molar-refractivity contribution < 1.29 is 9.84 Å². The molecule has 0 aliphatic carbocycles. The largest absolute Gasteiger partial charge is 0.504 e. The van der Waals surface area contributed by atoms with E-state index in [4.69, 9.17) is 16.3 Å². The molecule has 1 unspecified atom stereocenters. The van der Waals surface area contributed by atoms with Gasteiger partial charge in [-0.2, -0.15) is 0 Å². The van der Waals surface area contributed by atoms with Crippen molar-refractivity contribution in [3.8, 4) is 11.5 Å². The van der Waals surface area contributed by atoms with Gasteiger partial charge in [0.25, 0.3) is 0 Å². The highest BCUT2D eigenvalue weighted by atomic mass is 35.5. The molecule has 0 amide bonds. The first-order valence-electron chi connectivity index (χ1n) is 4.52. The first-order chi connectivity index (χ1) is 6.72. The number of benzene rings is 1. The number of halogens is 1. The molecule has 1 saturated heterocycles. The third-order valence-electron chi connectivity index (χ3n) is 2.49. The average Bonchev–Trinajstić information content (AvgIpc) is 2.07. The van der Waals surface area contributed by atoms with Gasteiger partial charge in [-0.15, -0.1) is 0 Å². The maximum absolute atomic E-state index is 9.83. The maximum Gasteiger partial charge on any atom is 0.162 e. The molecular formula is C10H12ClNO2. The summed E-state index contributed by atoms with van der Waals surface area (Å²) in [5, 5.41) is 13.6. The molecule has 1 atom stereocenters. The van der Waals surface area contributed by atoms with Crippen LogP contribution in [-0.2, 0) is 0 Å². The van der Waals surface area contributed by atoms with Crippen LogP contribution in [0.25, 0.3) is 0 Å². The van der Waals surface area contributed by atoms with E-state index in [0.29, 0.717) is 10.8 Å². The molecule has 2 rings (SSSR count). The first-order valence-corrected chi connectivity index (χ1v) is 4.90. The molecule has 1 aliphatic rings. The van der Waals surface area contributed by atoms with Gasteiger partial charge in [-0.25, -0.2) is 0 Å². The Bertz CT molecular complexity index is 350. The molecule has 4 heteroatoms. The Kier molecular flexibility index (Phi) is 2.52. The Morgan fingerprint density at radius 2 is 2.29 bits per heavy atom. The number of rotatable bonds is 2. The lowest BCUT2D eigenvalue weighted by Gasteiger charge is -2.29.